The topological polar surface area (TPSA) is 70.7 Å². The zero-order valence-electron chi connectivity index (χ0n) is 14.8. The first-order chi connectivity index (χ1) is 13.1. The van der Waals surface area contributed by atoms with E-state index in [2.05, 4.69) is 20.3 Å². The van der Waals surface area contributed by atoms with Gasteiger partial charge in [-0.25, -0.2) is 14.4 Å². The number of nitrogens with one attached hydrogen (secondary N) is 2. The third-order valence-electron chi connectivity index (χ3n) is 5.75. The van der Waals surface area contributed by atoms with Crippen molar-refractivity contribution in [3.8, 4) is 22.8 Å². The summed E-state index contributed by atoms with van der Waals surface area (Å²) in [7, 11) is 0. The standard InChI is InChI=1S/C21H19FN4O/c22-14-5-3-4-13(10-14)19-23-9-6-16(26-19)17-11-15-18(25-17)21(7-1-2-8-21)12-24-20(15)27/h3-6,9-11,25H,1-2,7-8,12H2,(H,24,27). The Bertz CT molecular complexity index is 1040. The number of rotatable bonds is 2. The number of nitrogens with zero attached hydrogens (tertiary/aromatic N) is 2. The quantitative estimate of drug-likeness (QED) is 0.728. The Hall–Kier alpha value is -3.02. The highest BCUT2D eigenvalue weighted by Gasteiger charge is 2.43. The van der Waals surface area contributed by atoms with Gasteiger partial charge >= 0.3 is 0 Å². The molecule has 1 fully saturated rings. The van der Waals surface area contributed by atoms with Gasteiger partial charge in [0.15, 0.2) is 5.82 Å². The molecule has 2 N–H and O–H groups in total. The molecule has 3 heterocycles. The van der Waals surface area contributed by atoms with E-state index in [1.54, 1.807) is 24.4 Å². The van der Waals surface area contributed by atoms with Gasteiger partial charge in [-0.1, -0.05) is 25.0 Å². The fourth-order valence-electron chi connectivity index (χ4n) is 4.38. The summed E-state index contributed by atoms with van der Waals surface area (Å²) in [5.74, 6) is 0.0979. The second-order valence-electron chi connectivity index (χ2n) is 7.42. The number of carbonyl (C=O) groups excluding carboxylic acids is 1. The number of hydrogen-bond donors (Lipinski definition) is 2. The molecule has 0 unspecified atom stereocenters. The van der Waals surface area contributed by atoms with Gasteiger partial charge in [0.25, 0.3) is 5.91 Å². The average molecular weight is 362 g/mol. The number of aromatic nitrogens is 3. The first-order valence-electron chi connectivity index (χ1n) is 9.26. The van der Waals surface area contributed by atoms with Crippen molar-refractivity contribution in [3.63, 3.8) is 0 Å². The van der Waals surface area contributed by atoms with Crippen LogP contribution in [-0.2, 0) is 5.41 Å². The van der Waals surface area contributed by atoms with Crippen LogP contribution in [0.15, 0.2) is 42.6 Å². The van der Waals surface area contributed by atoms with Crippen molar-refractivity contribution in [2.45, 2.75) is 31.1 Å². The molecule has 1 spiro atoms. The largest absolute Gasteiger partial charge is 0.356 e. The van der Waals surface area contributed by atoms with Gasteiger partial charge in [0, 0.05) is 29.4 Å². The van der Waals surface area contributed by atoms with E-state index in [1.807, 2.05) is 6.07 Å². The highest BCUT2D eigenvalue weighted by atomic mass is 19.1. The van der Waals surface area contributed by atoms with Crippen molar-refractivity contribution < 1.29 is 9.18 Å². The van der Waals surface area contributed by atoms with Crippen LogP contribution in [0.25, 0.3) is 22.8 Å². The molecule has 0 atom stereocenters. The lowest BCUT2D eigenvalue weighted by Gasteiger charge is -2.33. The van der Waals surface area contributed by atoms with Crippen molar-refractivity contribution in [1.29, 1.82) is 0 Å². The predicted molar refractivity (Wildman–Crippen MR) is 99.7 cm³/mol. The Morgan fingerprint density at radius 2 is 1.96 bits per heavy atom. The van der Waals surface area contributed by atoms with Crippen molar-refractivity contribution in [2.75, 3.05) is 6.54 Å². The molecule has 1 saturated carbocycles. The molecule has 0 saturated heterocycles. The summed E-state index contributed by atoms with van der Waals surface area (Å²) in [4.78, 5) is 24.7. The van der Waals surface area contributed by atoms with Crippen LogP contribution in [0.4, 0.5) is 4.39 Å². The van der Waals surface area contributed by atoms with Gasteiger partial charge in [-0.3, -0.25) is 4.79 Å². The molecule has 5 nitrogen and oxygen atoms in total. The first kappa shape index (κ1) is 16.2. The van der Waals surface area contributed by atoms with Gasteiger partial charge in [-0.05, 0) is 37.1 Å². The minimum atomic E-state index is -0.323. The lowest BCUT2D eigenvalue weighted by molar-refractivity contribution is 0.0924. The van der Waals surface area contributed by atoms with Crippen LogP contribution in [0.3, 0.4) is 0 Å². The lowest BCUT2D eigenvalue weighted by atomic mass is 9.78. The van der Waals surface area contributed by atoms with Gasteiger partial charge in [-0.15, -0.1) is 0 Å². The van der Waals surface area contributed by atoms with E-state index < -0.39 is 0 Å². The minimum Gasteiger partial charge on any atom is -0.356 e. The van der Waals surface area contributed by atoms with Gasteiger partial charge in [0.05, 0.1) is 17.0 Å². The van der Waals surface area contributed by atoms with Gasteiger partial charge in [0.2, 0.25) is 0 Å². The monoisotopic (exact) mass is 362 g/mol. The number of halogens is 1. The molecule has 2 aromatic heterocycles. The molecule has 1 aliphatic carbocycles. The fourth-order valence-corrected chi connectivity index (χ4v) is 4.38. The maximum atomic E-state index is 13.5. The Balaban J connectivity index is 1.58. The number of H-pyrrole nitrogens is 1. The summed E-state index contributed by atoms with van der Waals surface area (Å²) in [5.41, 5.74) is 3.87. The molecule has 0 bridgehead atoms. The summed E-state index contributed by atoms with van der Waals surface area (Å²) < 4.78 is 13.5. The first-order valence-corrected chi connectivity index (χ1v) is 9.26. The summed E-state index contributed by atoms with van der Waals surface area (Å²) in [5, 5.41) is 3.05. The highest BCUT2D eigenvalue weighted by molar-refractivity contribution is 5.98. The Kier molecular flexibility index (Phi) is 3.60. The van der Waals surface area contributed by atoms with Crippen LogP contribution in [0.2, 0.25) is 0 Å². The molecular formula is C21H19FN4O. The molecule has 1 amide bonds. The van der Waals surface area contributed by atoms with Crippen molar-refractivity contribution in [2.24, 2.45) is 0 Å². The van der Waals surface area contributed by atoms with Crippen LogP contribution in [0, 0.1) is 5.82 Å². The highest BCUT2D eigenvalue weighted by Crippen LogP contribution is 2.44. The fraction of sp³-hybridized carbons (Fsp3) is 0.286. The lowest BCUT2D eigenvalue weighted by Crippen LogP contribution is -2.45. The Morgan fingerprint density at radius 1 is 1.11 bits per heavy atom. The molecule has 136 valence electrons. The van der Waals surface area contributed by atoms with Crippen LogP contribution < -0.4 is 5.32 Å². The van der Waals surface area contributed by atoms with E-state index in [0.29, 0.717) is 29.2 Å². The molecule has 1 aromatic carbocycles. The van der Waals surface area contributed by atoms with E-state index in [0.717, 1.165) is 24.2 Å². The third-order valence-corrected chi connectivity index (χ3v) is 5.75. The van der Waals surface area contributed by atoms with E-state index >= 15 is 0 Å². The molecule has 3 aromatic rings. The van der Waals surface area contributed by atoms with Gasteiger partial charge < -0.3 is 10.3 Å². The van der Waals surface area contributed by atoms with Crippen molar-refractivity contribution >= 4 is 5.91 Å². The molecule has 0 radical (unpaired) electrons. The predicted octanol–water partition coefficient (Wildman–Crippen LogP) is 3.83. The van der Waals surface area contributed by atoms with Crippen LogP contribution >= 0.6 is 0 Å². The second-order valence-corrected chi connectivity index (χ2v) is 7.42. The van der Waals surface area contributed by atoms with Gasteiger partial charge in [0.1, 0.15) is 5.82 Å². The van der Waals surface area contributed by atoms with Crippen molar-refractivity contribution in [1.82, 2.24) is 20.3 Å². The summed E-state index contributed by atoms with van der Waals surface area (Å²) in [6.45, 7) is 0.692. The summed E-state index contributed by atoms with van der Waals surface area (Å²) >= 11 is 0. The minimum absolute atomic E-state index is 0.0138. The number of benzene rings is 1. The zero-order valence-corrected chi connectivity index (χ0v) is 14.8. The molecule has 6 heteroatoms. The molecule has 27 heavy (non-hydrogen) atoms. The molecule has 1 aliphatic heterocycles. The van der Waals surface area contributed by atoms with E-state index in [4.69, 9.17) is 0 Å². The normalized spacial score (nSPS) is 17.7. The third kappa shape index (κ3) is 2.63. The Morgan fingerprint density at radius 3 is 2.78 bits per heavy atom. The number of amides is 1. The molecule has 2 aliphatic rings. The molecule has 5 rings (SSSR count). The average Bonchev–Trinajstić information content (AvgIpc) is 3.34. The van der Waals surface area contributed by atoms with Crippen LogP contribution in [0.5, 0.6) is 0 Å². The number of hydrogen-bond acceptors (Lipinski definition) is 3. The zero-order chi connectivity index (χ0) is 18.4. The van der Waals surface area contributed by atoms with E-state index in [1.165, 1.54) is 25.0 Å². The number of carbonyl (C=O) groups is 1. The van der Waals surface area contributed by atoms with E-state index in [-0.39, 0.29) is 17.1 Å². The van der Waals surface area contributed by atoms with Crippen LogP contribution in [0.1, 0.15) is 41.7 Å². The van der Waals surface area contributed by atoms with Gasteiger partial charge in [-0.2, -0.15) is 0 Å². The Labute approximate surface area is 156 Å². The maximum Gasteiger partial charge on any atom is 0.253 e. The summed E-state index contributed by atoms with van der Waals surface area (Å²) in [6, 6.07) is 9.91. The van der Waals surface area contributed by atoms with E-state index in [9.17, 15) is 9.18 Å². The van der Waals surface area contributed by atoms with Crippen molar-refractivity contribution in [3.05, 3.63) is 59.7 Å². The number of aromatic amines is 1. The smallest absolute Gasteiger partial charge is 0.253 e. The number of fused-ring (bicyclic) bond motifs is 2. The molecular weight excluding hydrogens is 343 g/mol. The SMILES string of the molecule is O=C1NCC2(CCCC2)c2[nH]c(-c3ccnc(-c4cccc(F)c4)n3)cc21. The maximum absolute atomic E-state index is 13.5. The van der Waals surface area contributed by atoms with Crippen LogP contribution in [-0.4, -0.2) is 27.4 Å². The summed E-state index contributed by atoms with van der Waals surface area (Å²) in [6.07, 6.45) is 6.19. The second kappa shape index (κ2) is 6.01.